The molecule has 3 aromatic heterocycles. The van der Waals surface area contributed by atoms with Gasteiger partial charge in [0.25, 0.3) is 0 Å². The fourth-order valence-electron chi connectivity index (χ4n) is 5.52. The Hall–Kier alpha value is -3.74. The molecule has 198 valence electrons. The van der Waals surface area contributed by atoms with Crippen LogP contribution in [0.3, 0.4) is 0 Å². The molecule has 7 nitrogen and oxygen atoms in total. The number of aryl methyl sites for hydroxylation is 1. The molecule has 2 atom stereocenters. The lowest BCUT2D eigenvalue weighted by Crippen LogP contribution is -2.26. The van der Waals surface area contributed by atoms with Gasteiger partial charge < -0.3 is 14.6 Å². The van der Waals surface area contributed by atoms with Gasteiger partial charge in [-0.25, -0.2) is 19.7 Å². The molecule has 1 saturated carbocycles. The number of aromatic nitrogens is 4. The van der Waals surface area contributed by atoms with Gasteiger partial charge in [0.15, 0.2) is 0 Å². The first-order chi connectivity index (χ1) is 18.3. The van der Waals surface area contributed by atoms with Crippen LogP contribution >= 0.6 is 0 Å². The van der Waals surface area contributed by atoms with Crippen LogP contribution in [0, 0.1) is 5.92 Å². The highest BCUT2D eigenvalue weighted by molar-refractivity contribution is 5.90. The molecule has 3 heterocycles. The number of esters is 1. The van der Waals surface area contributed by atoms with E-state index < -0.39 is 0 Å². The zero-order valence-electron chi connectivity index (χ0n) is 22.8. The molecule has 5 rings (SSSR count). The van der Waals surface area contributed by atoms with Gasteiger partial charge in [0.1, 0.15) is 17.8 Å². The molecule has 7 heteroatoms. The van der Waals surface area contributed by atoms with Crippen molar-refractivity contribution in [2.45, 2.75) is 71.4 Å². The number of hydrogen-bond donors (Lipinski definition) is 1. The zero-order chi connectivity index (χ0) is 26.7. The van der Waals surface area contributed by atoms with Gasteiger partial charge in [0.2, 0.25) is 0 Å². The Bertz CT molecular complexity index is 1470. The topological polar surface area (TPSA) is 81.9 Å². The van der Waals surface area contributed by atoms with Crippen molar-refractivity contribution in [3.63, 3.8) is 0 Å². The maximum Gasteiger partial charge on any atom is 0.330 e. The van der Waals surface area contributed by atoms with Crippen molar-refractivity contribution >= 4 is 39.8 Å². The molecule has 1 aliphatic rings. The molecule has 0 bridgehead atoms. The van der Waals surface area contributed by atoms with Crippen LogP contribution in [0.5, 0.6) is 0 Å². The smallest absolute Gasteiger partial charge is 0.330 e. The van der Waals surface area contributed by atoms with Gasteiger partial charge >= 0.3 is 5.97 Å². The standard InChI is InChI=1S/C31H37N5O2/c1-5-38-29(37)13-10-22-17-24-9-12-28(35-31(2,3)4)34-27(24)18-23(22)8-6-21-7-11-26(16-21)36-15-14-25-19-32-20-33-30(25)36/h9-10,12-15,17-21,26H,5-8,11,16H2,1-4H3,(H,34,35)/b13-10+. The first-order valence-corrected chi connectivity index (χ1v) is 13.6. The Balaban J connectivity index is 1.36. The summed E-state index contributed by atoms with van der Waals surface area (Å²) in [4.78, 5) is 25.6. The van der Waals surface area contributed by atoms with E-state index in [-0.39, 0.29) is 11.5 Å². The lowest BCUT2D eigenvalue weighted by Gasteiger charge is -2.21. The predicted molar refractivity (Wildman–Crippen MR) is 153 cm³/mol. The summed E-state index contributed by atoms with van der Waals surface area (Å²) in [6.45, 7) is 8.58. The monoisotopic (exact) mass is 511 g/mol. The number of pyridine rings is 1. The van der Waals surface area contributed by atoms with Crippen LogP contribution in [0.25, 0.3) is 28.0 Å². The number of carbonyl (C=O) groups is 1. The van der Waals surface area contributed by atoms with Crippen molar-refractivity contribution in [1.82, 2.24) is 19.5 Å². The largest absolute Gasteiger partial charge is 0.463 e. The van der Waals surface area contributed by atoms with Crippen molar-refractivity contribution in [3.05, 3.63) is 66.3 Å². The number of hydrogen-bond acceptors (Lipinski definition) is 6. The Morgan fingerprint density at radius 3 is 2.87 bits per heavy atom. The van der Waals surface area contributed by atoms with Gasteiger partial charge in [-0.3, -0.25) is 0 Å². The van der Waals surface area contributed by atoms with Crippen molar-refractivity contribution in [1.29, 1.82) is 0 Å². The third-order valence-electron chi connectivity index (χ3n) is 7.25. The minimum absolute atomic E-state index is 0.0675. The Kier molecular flexibility index (Phi) is 7.45. The summed E-state index contributed by atoms with van der Waals surface area (Å²) < 4.78 is 7.44. The first kappa shape index (κ1) is 25.9. The minimum Gasteiger partial charge on any atom is -0.463 e. The van der Waals surface area contributed by atoms with Crippen LogP contribution in [-0.2, 0) is 16.0 Å². The molecule has 38 heavy (non-hydrogen) atoms. The summed E-state index contributed by atoms with van der Waals surface area (Å²) in [5, 5.41) is 5.62. The highest BCUT2D eigenvalue weighted by atomic mass is 16.5. The number of nitrogens with zero attached hydrogens (tertiary/aromatic N) is 4. The number of rotatable bonds is 8. The average Bonchev–Trinajstić information content (AvgIpc) is 3.52. The van der Waals surface area contributed by atoms with Crippen LogP contribution in [-0.4, -0.2) is 37.6 Å². The highest BCUT2D eigenvalue weighted by Gasteiger charge is 2.27. The van der Waals surface area contributed by atoms with E-state index in [9.17, 15) is 4.79 Å². The first-order valence-electron chi connectivity index (χ1n) is 13.6. The molecule has 1 aliphatic carbocycles. The lowest BCUT2D eigenvalue weighted by atomic mass is 9.94. The van der Waals surface area contributed by atoms with Gasteiger partial charge in [-0.2, -0.15) is 0 Å². The summed E-state index contributed by atoms with van der Waals surface area (Å²) >= 11 is 0. The summed E-state index contributed by atoms with van der Waals surface area (Å²) in [5.74, 6) is 1.19. The SMILES string of the molecule is CCOC(=O)/C=C/c1cc2ccc(NC(C)(C)C)nc2cc1CCC1CCC(n2ccc3cncnc32)C1. The Morgan fingerprint density at radius 1 is 1.18 bits per heavy atom. The second-order valence-corrected chi connectivity index (χ2v) is 11.3. The molecule has 0 saturated heterocycles. The number of ether oxygens (including phenoxy) is 1. The van der Waals surface area contributed by atoms with Crippen LogP contribution in [0.2, 0.25) is 0 Å². The number of carbonyl (C=O) groups excluding carboxylic acids is 1. The second-order valence-electron chi connectivity index (χ2n) is 11.3. The third-order valence-corrected chi connectivity index (χ3v) is 7.25. The Labute approximate surface area is 224 Å². The summed E-state index contributed by atoms with van der Waals surface area (Å²) in [5.41, 5.74) is 4.18. The molecule has 0 spiro atoms. The van der Waals surface area contributed by atoms with Crippen molar-refractivity contribution in [3.8, 4) is 0 Å². The van der Waals surface area contributed by atoms with Crippen LogP contribution in [0.1, 0.15) is 70.5 Å². The second kappa shape index (κ2) is 10.9. The van der Waals surface area contributed by atoms with E-state index >= 15 is 0 Å². The molecule has 1 fully saturated rings. The lowest BCUT2D eigenvalue weighted by molar-refractivity contribution is -0.137. The van der Waals surface area contributed by atoms with E-state index in [4.69, 9.17) is 9.72 Å². The van der Waals surface area contributed by atoms with Gasteiger partial charge in [-0.05, 0) is 113 Å². The van der Waals surface area contributed by atoms with E-state index in [0.717, 1.165) is 59.0 Å². The third kappa shape index (κ3) is 6.04. The highest BCUT2D eigenvalue weighted by Crippen LogP contribution is 2.39. The quantitative estimate of drug-likeness (QED) is 0.208. The fourth-order valence-corrected chi connectivity index (χ4v) is 5.52. The number of anilines is 1. The minimum atomic E-state index is -0.317. The fraction of sp³-hybridized carbons (Fsp3) is 0.419. The van der Waals surface area contributed by atoms with Crippen LogP contribution in [0.4, 0.5) is 5.82 Å². The van der Waals surface area contributed by atoms with E-state index in [0.29, 0.717) is 18.6 Å². The number of nitrogens with one attached hydrogen (secondary N) is 1. The van der Waals surface area contributed by atoms with Gasteiger partial charge in [0, 0.05) is 40.8 Å². The molecule has 4 aromatic rings. The van der Waals surface area contributed by atoms with Gasteiger partial charge in [-0.15, -0.1) is 0 Å². The van der Waals surface area contributed by atoms with Crippen molar-refractivity contribution < 1.29 is 9.53 Å². The summed E-state index contributed by atoms with van der Waals surface area (Å²) in [6.07, 6.45) is 14.6. The Morgan fingerprint density at radius 2 is 2.05 bits per heavy atom. The predicted octanol–water partition coefficient (Wildman–Crippen LogP) is 6.74. The molecular weight excluding hydrogens is 474 g/mol. The molecule has 0 radical (unpaired) electrons. The van der Waals surface area contributed by atoms with E-state index in [1.807, 2.05) is 25.3 Å². The van der Waals surface area contributed by atoms with Crippen LogP contribution in [0.15, 0.2) is 55.1 Å². The summed E-state index contributed by atoms with van der Waals surface area (Å²) in [7, 11) is 0. The molecule has 1 aromatic carbocycles. The molecular formula is C31H37N5O2. The van der Waals surface area contributed by atoms with E-state index in [1.54, 1.807) is 6.33 Å². The van der Waals surface area contributed by atoms with Gasteiger partial charge in [0.05, 0.1) is 12.1 Å². The average molecular weight is 512 g/mol. The zero-order valence-corrected chi connectivity index (χ0v) is 22.8. The molecule has 0 aliphatic heterocycles. The number of benzene rings is 1. The number of fused-ring (bicyclic) bond motifs is 2. The van der Waals surface area contributed by atoms with Crippen molar-refractivity contribution in [2.75, 3.05) is 11.9 Å². The van der Waals surface area contributed by atoms with Crippen molar-refractivity contribution in [2.24, 2.45) is 5.92 Å². The summed E-state index contributed by atoms with van der Waals surface area (Å²) in [6, 6.07) is 11.0. The molecule has 2 unspecified atom stereocenters. The van der Waals surface area contributed by atoms with Crippen LogP contribution < -0.4 is 5.32 Å². The maximum absolute atomic E-state index is 12.0. The van der Waals surface area contributed by atoms with Gasteiger partial charge in [-0.1, -0.05) is 0 Å². The molecule has 0 amide bonds. The maximum atomic E-state index is 12.0. The normalized spacial score (nSPS) is 18.0. The van der Waals surface area contributed by atoms with E-state index in [1.165, 1.54) is 18.1 Å². The molecule has 1 N–H and O–H groups in total. The van der Waals surface area contributed by atoms with E-state index in [2.05, 4.69) is 71.1 Å².